The van der Waals surface area contributed by atoms with Gasteiger partial charge in [-0.25, -0.2) is 4.39 Å². The number of nitrogens with zero attached hydrogens (tertiary/aromatic N) is 2. The summed E-state index contributed by atoms with van der Waals surface area (Å²) in [5.74, 6) is -0.0531. The zero-order valence-corrected chi connectivity index (χ0v) is 17.0. The van der Waals surface area contributed by atoms with E-state index in [4.69, 9.17) is 0 Å². The molecule has 0 bridgehead atoms. The highest BCUT2D eigenvalue weighted by Crippen LogP contribution is 2.39. The molecule has 0 radical (unpaired) electrons. The summed E-state index contributed by atoms with van der Waals surface area (Å²) < 4.78 is 13.4. The number of rotatable bonds is 5. The van der Waals surface area contributed by atoms with Gasteiger partial charge in [0.1, 0.15) is 5.82 Å². The van der Waals surface area contributed by atoms with Crippen molar-refractivity contribution in [1.82, 2.24) is 4.90 Å². The second-order valence-corrected chi connectivity index (χ2v) is 8.74. The lowest BCUT2D eigenvalue weighted by molar-refractivity contribution is -0.116. The normalized spacial score (nSPS) is 20.0. The first kappa shape index (κ1) is 19.3. The third-order valence-corrected chi connectivity index (χ3v) is 6.86. The summed E-state index contributed by atoms with van der Waals surface area (Å²) in [4.78, 5) is 18.3. The highest BCUT2D eigenvalue weighted by atomic mass is 32.2. The van der Waals surface area contributed by atoms with Crippen molar-refractivity contribution in [1.29, 1.82) is 0 Å². The van der Waals surface area contributed by atoms with Gasteiger partial charge in [0.2, 0.25) is 5.91 Å². The Morgan fingerprint density at radius 1 is 1.14 bits per heavy atom. The van der Waals surface area contributed by atoms with Crippen LogP contribution in [0.1, 0.15) is 18.4 Å². The number of hydrogen-bond donors (Lipinski definition) is 1. The summed E-state index contributed by atoms with van der Waals surface area (Å²) in [7, 11) is 0. The fourth-order valence-corrected chi connectivity index (χ4v) is 5.15. The van der Waals surface area contributed by atoms with Crippen molar-refractivity contribution in [3.05, 3.63) is 53.8 Å². The summed E-state index contributed by atoms with van der Waals surface area (Å²) >= 11 is 1.69. The average molecular weight is 400 g/mol. The van der Waals surface area contributed by atoms with E-state index >= 15 is 0 Å². The fraction of sp³-hybridized carbons (Fsp3) is 0.409. The second kappa shape index (κ2) is 8.53. The molecule has 2 aliphatic heterocycles. The molecule has 4 rings (SSSR count). The van der Waals surface area contributed by atoms with E-state index < -0.39 is 0 Å². The Hall–Kier alpha value is -2.05. The molecule has 2 aliphatic rings. The summed E-state index contributed by atoms with van der Waals surface area (Å²) in [6, 6.07) is 13.0. The minimum atomic E-state index is -0.181. The van der Waals surface area contributed by atoms with Gasteiger partial charge >= 0.3 is 0 Å². The molecule has 0 saturated carbocycles. The van der Waals surface area contributed by atoms with Crippen LogP contribution in [0.2, 0.25) is 0 Å². The van der Waals surface area contributed by atoms with E-state index in [1.165, 1.54) is 11.0 Å². The SMILES string of the molecule is Cc1cccc2c1NC(=O)C(CCCN1CCN(c3cccc(F)c3)CC1)S2. The van der Waals surface area contributed by atoms with Gasteiger partial charge in [0.15, 0.2) is 0 Å². The number of thioether (sulfide) groups is 1. The molecule has 148 valence electrons. The molecule has 1 fully saturated rings. The van der Waals surface area contributed by atoms with Gasteiger partial charge in [-0.3, -0.25) is 9.69 Å². The number of nitrogens with one attached hydrogen (secondary N) is 1. The lowest BCUT2D eigenvalue weighted by atomic mass is 10.1. The van der Waals surface area contributed by atoms with Crippen LogP contribution in [0, 0.1) is 12.7 Å². The molecular formula is C22H26FN3OS. The number of benzene rings is 2. The predicted octanol–water partition coefficient (Wildman–Crippen LogP) is 4.15. The third kappa shape index (κ3) is 4.33. The van der Waals surface area contributed by atoms with Crippen molar-refractivity contribution in [3.63, 3.8) is 0 Å². The molecule has 1 saturated heterocycles. The molecule has 1 atom stereocenters. The molecule has 28 heavy (non-hydrogen) atoms. The summed E-state index contributed by atoms with van der Waals surface area (Å²) in [6.07, 6.45) is 1.89. The fourth-order valence-electron chi connectivity index (χ4n) is 3.90. The first-order chi connectivity index (χ1) is 13.6. The van der Waals surface area contributed by atoms with Crippen LogP contribution in [-0.2, 0) is 4.79 Å². The summed E-state index contributed by atoms with van der Waals surface area (Å²) in [5, 5.41) is 3.07. The van der Waals surface area contributed by atoms with Crippen LogP contribution in [0.25, 0.3) is 0 Å². The highest BCUT2D eigenvalue weighted by molar-refractivity contribution is 8.01. The second-order valence-electron chi connectivity index (χ2n) is 7.49. The number of carbonyl (C=O) groups is 1. The molecule has 4 nitrogen and oxygen atoms in total. The first-order valence-corrected chi connectivity index (χ1v) is 10.8. The van der Waals surface area contributed by atoms with E-state index in [1.807, 2.05) is 25.1 Å². The molecule has 0 aromatic heterocycles. The lowest BCUT2D eigenvalue weighted by Gasteiger charge is -2.36. The van der Waals surface area contributed by atoms with Crippen molar-refractivity contribution in [2.45, 2.75) is 29.9 Å². The predicted molar refractivity (Wildman–Crippen MR) is 114 cm³/mol. The van der Waals surface area contributed by atoms with Gasteiger partial charge in [0.25, 0.3) is 0 Å². The maximum atomic E-state index is 13.4. The van der Waals surface area contributed by atoms with Gasteiger partial charge in [-0.05, 0) is 56.1 Å². The number of aryl methyl sites for hydroxylation is 1. The van der Waals surface area contributed by atoms with Gasteiger partial charge in [-0.15, -0.1) is 11.8 Å². The zero-order chi connectivity index (χ0) is 19.5. The largest absolute Gasteiger partial charge is 0.369 e. The smallest absolute Gasteiger partial charge is 0.237 e. The van der Waals surface area contributed by atoms with Gasteiger partial charge < -0.3 is 10.2 Å². The van der Waals surface area contributed by atoms with Gasteiger partial charge in [0, 0.05) is 36.8 Å². The molecule has 1 N–H and O–H groups in total. The molecule has 2 aromatic rings. The quantitative estimate of drug-likeness (QED) is 0.819. The molecule has 1 unspecified atom stereocenters. The van der Waals surface area contributed by atoms with Gasteiger partial charge in [-0.2, -0.15) is 0 Å². The van der Waals surface area contributed by atoms with Crippen LogP contribution in [0.15, 0.2) is 47.4 Å². The number of piperazine rings is 1. The van der Waals surface area contributed by atoms with E-state index in [-0.39, 0.29) is 17.0 Å². The standard InChI is InChI=1S/C22H26FN3OS/c1-16-5-2-8-19-21(16)24-22(27)20(28-19)9-4-10-25-11-13-26(14-12-25)18-7-3-6-17(23)15-18/h2-3,5-8,15,20H,4,9-14H2,1H3,(H,24,27). The minimum Gasteiger partial charge on any atom is -0.369 e. The van der Waals surface area contributed by atoms with E-state index in [2.05, 4.69) is 21.2 Å². The maximum absolute atomic E-state index is 13.4. The van der Waals surface area contributed by atoms with Crippen LogP contribution >= 0.6 is 11.8 Å². The van der Waals surface area contributed by atoms with E-state index in [0.29, 0.717) is 0 Å². The Balaban J connectivity index is 1.24. The van der Waals surface area contributed by atoms with Crippen molar-refractivity contribution in [3.8, 4) is 0 Å². The Morgan fingerprint density at radius 2 is 1.93 bits per heavy atom. The molecular weight excluding hydrogens is 373 g/mol. The molecule has 2 aromatic carbocycles. The Bertz CT molecular complexity index is 851. The monoisotopic (exact) mass is 399 g/mol. The Morgan fingerprint density at radius 3 is 2.71 bits per heavy atom. The summed E-state index contributed by atoms with van der Waals surface area (Å²) in [5.41, 5.74) is 3.05. The lowest BCUT2D eigenvalue weighted by Crippen LogP contribution is -2.46. The van der Waals surface area contributed by atoms with Gasteiger partial charge in [0.05, 0.1) is 10.9 Å². The number of amides is 1. The molecule has 6 heteroatoms. The average Bonchev–Trinajstić information content (AvgIpc) is 2.70. The topological polar surface area (TPSA) is 35.6 Å². The Labute approximate surface area is 170 Å². The van der Waals surface area contributed by atoms with Crippen LogP contribution in [0.4, 0.5) is 15.8 Å². The van der Waals surface area contributed by atoms with Crippen LogP contribution in [0.5, 0.6) is 0 Å². The molecule has 2 heterocycles. The highest BCUT2D eigenvalue weighted by Gasteiger charge is 2.27. The van der Waals surface area contributed by atoms with E-state index in [9.17, 15) is 9.18 Å². The molecule has 1 amide bonds. The van der Waals surface area contributed by atoms with Crippen LogP contribution in [-0.4, -0.2) is 48.8 Å². The van der Waals surface area contributed by atoms with Gasteiger partial charge in [-0.1, -0.05) is 18.2 Å². The maximum Gasteiger partial charge on any atom is 0.237 e. The minimum absolute atomic E-state index is 0.0112. The van der Waals surface area contributed by atoms with Crippen LogP contribution in [0.3, 0.4) is 0 Å². The molecule has 0 aliphatic carbocycles. The first-order valence-electron chi connectivity index (χ1n) is 9.90. The third-order valence-electron chi connectivity index (χ3n) is 5.53. The number of anilines is 2. The van der Waals surface area contributed by atoms with Crippen molar-refractivity contribution in [2.75, 3.05) is 42.9 Å². The summed E-state index contributed by atoms with van der Waals surface area (Å²) in [6.45, 7) is 6.81. The Kier molecular flexibility index (Phi) is 5.87. The van der Waals surface area contributed by atoms with Crippen LogP contribution < -0.4 is 10.2 Å². The van der Waals surface area contributed by atoms with Crippen molar-refractivity contribution < 1.29 is 9.18 Å². The number of halogens is 1. The zero-order valence-electron chi connectivity index (χ0n) is 16.2. The van der Waals surface area contributed by atoms with E-state index in [0.717, 1.165) is 62.5 Å². The van der Waals surface area contributed by atoms with Crippen molar-refractivity contribution >= 4 is 29.0 Å². The van der Waals surface area contributed by atoms with Crippen molar-refractivity contribution in [2.24, 2.45) is 0 Å². The number of carbonyl (C=O) groups excluding carboxylic acids is 1. The molecule has 0 spiro atoms. The van der Waals surface area contributed by atoms with E-state index in [1.54, 1.807) is 23.9 Å². The number of hydrogen-bond acceptors (Lipinski definition) is 4. The number of para-hydroxylation sites is 1. The number of fused-ring (bicyclic) bond motifs is 1.